The summed E-state index contributed by atoms with van der Waals surface area (Å²) in [6.45, 7) is 5.73. The molecule has 1 amide bonds. The highest BCUT2D eigenvalue weighted by Gasteiger charge is 2.35. The molecule has 3 heteroatoms. The first kappa shape index (κ1) is 16.0. The molecule has 1 aromatic carbocycles. The van der Waals surface area contributed by atoms with Gasteiger partial charge in [-0.2, -0.15) is 0 Å². The molecular weight excluding hydrogens is 260 g/mol. The molecule has 1 fully saturated rings. The van der Waals surface area contributed by atoms with Crippen LogP contribution in [0.3, 0.4) is 0 Å². The van der Waals surface area contributed by atoms with E-state index in [1.807, 2.05) is 18.2 Å². The lowest BCUT2D eigenvalue weighted by atomic mass is 9.97. The van der Waals surface area contributed by atoms with Crippen LogP contribution in [0.1, 0.15) is 38.7 Å². The third kappa shape index (κ3) is 4.85. The van der Waals surface area contributed by atoms with E-state index in [0.717, 1.165) is 32.2 Å². The second-order valence-corrected chi connectivity index (χ2v) is 6.57. The predicted octanol–water partition coefficient (Wildman–Crippen LogP) is 2.84. The summed E-state index contributed by atoms with van der Waals surface area (Å²) in [5.74, 6) is 0.800. The maximum absolute atomic E-state index is 12.8. The standard InChI is InChI=1S/C18H28N2O/c1-14(2)10-11-20(17-8-9-17)18(21)16(13-19)12-15-6-4-3-5-7-15/h3-7,14,16-17H,8-13,19H2,1-2H3. The minimum absolute atomic E-state index is 0.0832. The van der Waals surface area contributed by atoms with Gasteiger partial charge in [-0.1, -0.05) is 44.2 Å². The summed E-state index contributed by atoms with van der Waals surface area (Å²) in [7, 11) is 0. The van der Waals surface area contributed by atoms with E-state index in [1.165, 1.54) is 5.56 Å². The summed E-state index contributed by atoms with van der Waals surface area (Å²) < 4.78 is 0. The second kappa shape index (κ2) is 7.60. The summed E-state index contributed by atoms with van der Waals surface area (Å²) in [5.41, 5.74) is 7.08. The fourth-order valence-corrected chi connectivity index (χ4v) is 2.66. The number of nitrogens with zero attached hydrogens (tertiary/aromatic N) is 1. The molecule has 0 radical (unpaired) electrons. The Morgan fingerprint density at radius 3 is 2.48 bits per heavy atom. The molecule has 2 N–H and O–H groups in total. The monoisotopic (exact) mass is 288 g/mol. The molecule has 21 heavy (non-hydrogen) atoms. The van der Waals surface area contributed by atoms with Crippen molar-refractivity contribution in [3.05, 3.63) is 35.9 Å². The average molecular weight is 288 g/mol. The topological polar surface area (TPSA) is 46.3 Å². The molecule has 1 unspecified atom stereocenters. The minimum Gasteiger partial charge on any atom is -0.339 e. The first-order valence-electron chi connectivity index (χ1n) is 8.16. The largest absolute Gasteiger partial charge is 0.339 e. The fraction of sp³-hybridized carbons (Fsp3) is 0.611. The number of amides is 1. The minimum atomic E-state index is -0.0832. The Balaban J connectivity index is 1.99. The van der Waals surface area contributed by atoms with Gasteiger partial charge in [0, 0.05) is 19.1 Å². The van der Waals surface area contributed by atoms with Crippen LogP contribution in [0.4, 0.5) is 0 Å². The molecule has 1 aliphatic carbocycles. The van der Waals surface area contributed by atoms with E-state index in [4.69, 9.17) is 5.73 Å². The van der Waals surface area contributed by atoms with Gasteiger partial charge >= 0.3 is 0 Å². The summed E-state index contributed by atoms with van der Waals surface area (Å²) >= 11 is 0. The quantitative estimate of drug-likeness (QED) is 0.799. The van der Waals surface area contributed by atoms with Gasteiger partial charge in [0.1, 0.15) is 0 Å². The lowest BCUT2D eigenvalue weighted by molar-refractivity contribution is -0.136. The van der Waals surface area contributed by atoms with E-state index < -0.39 is 0 Å². The molecule has 1 atom stereocenters. The third-order valence-corrected chi connectivity index (χ3v) is 4.18. The van der Waals surface area contributed by atoms with Crippen molar-refractivity contribution in [3.8, 4) is 0 Å². The molecule has 1 aliphatic rings. The van der Waals surface area contributed by atoms with Crippen molar-refractivity contribution in [2.45, 2.75) is 45.6 Å². The van der Waals surface area contributed by atoms with Gasteiger partial charge in [0.05, 0.1) is 5.92 Å². The first-order chi connectivity index (χ1) is 10.1. The Kier molecular flexibility index (Phi) is 5.80. The maximum Gasteiger partial charge on any atom is 0.227 e. The zero-order valence-electron chi connectivity index (χ0n) is 13.3. The van der Waals surface area contributed by atoms with Gasteiger partial charge in [-0.15, -0.1) is 0 Å². The van der Waals surface area contributed by atoms with Crippen LogP contribution < -0.4 is 5.73 Å². The third-order valence-electron chi connectivity index (χ3n) is 4.18. The number of nitrogens with two attached hydrogens (primary N) is 1. The number of rotatable bonds is 8. The van der Waals surface area contributed by atoms with Crippen LogP contribution in [0.2, 0.25) is 0 Å². The lowest BCUT2D eigenvalue weighted by Crippen LogP contribution is -2.42. The van der Waals surface area contributed by atoms with Gasteiger partial charge in [-0.3, -0.25) is 4.79 Å². The number of hydrogen-bond donors (Lipinski definition) is 1. The zero-order chi connectivity index (χ0) is 15.2. The summed E-state index contributed by atoms with van der Waals surface area (Å²) in [5, 5.41) is 0. The van der Waals surface area contributed by atoms with Gasteiger partial charge in [0.15, 0.2) is 0 Å². The highest BCUT2D eigenvalue weighted by atomic mass is 16.2. The number of hydrogen-bond acceptors (Lipinski definition) is 2. The van der Waals surface area contributed by atoms with Gasteiger partial charge in [0.25, 0.3) is 0 Å². The molecule has 1 saturated carbocycles. The number of benzene rings is 1. The fourth-order valence-electron chi connectivity index (χ4n) is 2.66. The van der Waals surface area contributed by atoms with Crippen LogP contribution in [0.5, 0.6) is 0 Å². The van der Waals surface area contributed by atoms with Crippen LogP contribution in [-0.4, -0.2) is 29.9 Å². The predicted molar refractivity (Wildman–Crippen MR) is 86.9 cm³/mol. The molecule has 0 bridgehead atoms. The van der Waals surface area contributed by atoms with Gasteiger partial charge < -0.3 is 10.6 Å². The van der Waals surface area contributed by atoms with E-state index in [1.54, 1.807) is 0 Å². The molecule has 2 rings (SSSR count). The zero-order valence-corrected chi connectivity index (χ0v) is 13.3. The van der Waals surface area contributed by atoms with Crippen molar-refractivity contribution in [1.29, 1.82) is 0 Å². The normalized spacial score (nSPS) is 16.0. The Labute approximate surface area is 128 Å². The van der Waals surface area contributed by atoms with E-state index in [9.17, 15) is 4.79 Å². The van der Waals surface area contributed by atoms with Gasteiger partial charge in [-0.25, -0.2) is 0 Å². The van der Waals surface area contributed by atoms with Crippen LogP contribution in [0, 0.1) is 11.8 Å². The maximum atomic E-state index is 12.8. The van der Waals surface area contributed by atoms with Gasteiger partial charge in [0.2, 0.25) is 5.91 Å². The summed E-state index contributed by atoms with van der Waals surface area (Å²) in [6.07, 6.45) is 4.14. The Bertz CT molecular complexity index is 440. The van der Waals surface area contributed by atoms with Crippen LogP contribution >= 0.6 is 0 Å². The number of carbonyl (C=O) groups is 1. The summed E-state index contributed by atoms with van der Waals surface area (Å²) in [4.78, 5) is 14.9. The van der Waals surface area contributed by atoms with Crippen molar-refractivity contribution < 1.29 is 4.79 Å². The highest BCUT2D eigenvalue weighted by molar-refractivity contribution is 5.80. The van der Waals surface area contributed by atoms with Crippen LogP contribution in [-0.2, 0) is 11.2 Å². The second-order valence-electron chi connectivity index (χ2n) is 6.57. The molecule has 116 valence electrons. The highest BCUT2D eigenvalue weighted by Crippen LogP contribution is 2.29. The molecular formula is C18H28N2O. The molecule has 0 aliphatic heterocycles. The Morgan fingerprint density at radius 1 is 1.29 bits per heavy atom. The molecule has 1 aromatic rings. The number of carbonyl (C=O) groups excluding carboxylic acids is 1. The van der Waals surface area contributed by atoms with Gasteiger partial charge in [-0.05, 0) is 37.2 Å². The molecule has 0 heterocycles. The van der Waals surface area contributed by atoms with E-state index in [0.29, 0.717) is 18.5 Å². The molecule has 0 aromatic heterocycles. The molecule has 3 nitrogen and oxygen atoms in total. The van der Waals surface area contributed by atoms with E-state index in [2.05, 4.69) is 30.9 Å². The smallest absolute Gasteiger partial charge is 0.227 e. The van der Waals surface area contributed by atoms with Crippen molar-refractivity contribution >= 4 is 5.91 Å². The van der Waals surface area contributed by atoms with Crippen LogP contribution in [0.15, 0.2) is 30.3 Å². The Hall–Kier alpha value is -1.35. The average Bonchev–Trinajstić information content (AvgIpc) is 3.30. The Morgan fingerprint density at radius 2 is 1.95 bits per heavy atom. The van der Waals surface area contributed by atoms with E-state index in [-0.39, 0.29) is 11.8 Å². The van der Waals surface area contributed by atoms with Crippen molar-refractivity contribution in [3.63, 3.8) is 0 Å². The van der Waals surface area contributed by atoms with Crippen LogP contribution in [0.25, 0.3) is 0 Å². The van der Waals surface area contributed by atoms with Crippen molar-refractivity contribution in [1.82, 2.24) is 4.90 Å². The molecule has 0 saturated heterocycles. The molecule has 0 spiro atoms. The van der Waals surface area contributed by atoms with E-state index >= 15 is 0 Å². The van der Waals surface area contributed by atoms with Crippen molar-refractivity contribution in [2.24, 2.45) is 17.6 Å². The first-order valence-corrected chi connectivity index (χ1v) is 8.16. The lowest BCUT2D eigenvalue weighted by Gasteiger charge is -2.27. The summed E-state index contributed by atoms with van der Waals surface area (Å²) in [6, 6.07) is 10.7. The van der Waals surface area contributed by atoms with Crippen molar-refractivity contribution in [2.75, 3.05) is 13.1 Å². The SMILES string of the molecule is CC(C)CCN(C(=O)C(CN)Cc1ccccc1)C1CC1.